The third-order valence-corrected chi connectivity index (χ3v) is 4.63. The average Bonchev–Trinajstić information content (AvgIpc) is 3.36. The minimum absolute atomic E-state index is 0.366. The molecule has 1 aromatic carbocycles. The minimum atomic E-state index is 0.366. The van der Waals surface area contributed by atoms with Crippen LogP contribution in [0.25, 0.3) is 11.4 Å². The van der Waals surface area contributed by atoms with Gasteiger partial charge in [0.05, 0.1) is 19.9 Å². The first kappa shape index (κ1) is 15.8. The van der Waals surface area contributed by atoms with Gasteiger partial charge in [0.1, 0.15) is 5.75 Å². The number of hydrogen-bond donors (Lipinski definition) is 0. The van der Waals surface area contributed by atoms with Gasteiger partial charge in [0.15, 0.2) is 0 Å². The lowest BCUT2D eigenvalue weighted by Crippen LogP contribution is -2.22. The van der Waals surface area contributed by atoms with Crippen molar-refractivity contribution in [3.8, 4) is 17.1 Å². The zero-order chi connectivity index (χ0) is 17.2. The van der Waals surface area contributed by atoms with Gasteiger partial charge >= 0.3 is 0 Å². The largest absolute Gasteiger partial charge is 0.497 e. The van der Waals surface area contributed by atoms with Crippen LogP contribution in [0.15, 0.2) is 41.2 Å². The number of aryl methyl sites for hydroxylation is 1. The Bertz CT molecular complexity index is 839. The summed E-state index contributed by atoms with van der Waals surface area (Å²) in [7, 11) is 3.60. The number of aromatic nitrogens is 4. The second-order valence-corrected chi connectivity index (χ2v) is 6.32. The summed E-state index contributed by atoms with van der Waals surface area (Å²) in [5.41, 5.74) is 2.16. The normalized spacial score (nSPS) is 17.9. The second-order valence-electron chi connectivity index (χ2n) is 6.32. The van der Waals surface area contributed by atoms with Crippen LogP contribution in [-0.4, -0.2) is 38.5 Å². The molecule has 0 aliphatic carbocycles. The van der Waals surface area contributed by atoms with Gasteiger partial charge in [-0.2, -0.15) is 10.1 Å². The van der Waals surface area contributed by atoms with Gasteiger partial charge in [-0.05, 0) is 43.7 Å². The summed E-state index contributed by atoms with van der Waals surface area (Å²) in [4.78, 5) is 6.93. The van der Waals surface area contributed by atoms with Gasteiger partial charge in [-0.15, -0.1) is 0 Å². The van der Waals surface area contributed by atoms with E-state index in [1.54, 1.807) is 7.11 Å². The molecule has 1 saturated heterocycles. The molecule has 1 fully saturated rings. The lowest BCUT2D eigenvalue weighted by molar-refractivity contribution is 0.212. The molecule has 25 heavy (non-hydrogen) atoms. The van der Waals surface area contributed by atoms with Crippen molar-refractivity contribution >= 4 is 0 Å². The molecule has 0 bridgehead atoms. The van der Waals surface area contributed by atoms with E-state index in [1.165, 1.54) is 12.0 Å². The Balaban J connectivity index is 1.48. The highest BCUT2D eigenvalue weighted by Crippen LogP contribution is 2.32. The van der Waals surface area contributed by atoms with Crippen molar-refractivity contribution in [2.45, 2.75) is 25.4 Å². The maximum Gasteiger partial charge on any atom is 0.241 e. The zero-order valence-corrected chi connectivity index (χ0v) is 14.4. The molecule has 0 N–H and O–H groups in total. The lowest BCUT2D eigenvalue weighted by atomic mass is 10.1. The van der Waals surface area contributed by atoms with Crippen LogP contribution in [0.2, 0.25) is 0 Å². The molecule has 1 atom stereocenters. The number of methoxy groups -OCH3 is 1. The molecule has 7 nitrogen and oxygen atoms in total. The Labute approximate surface area is 146 Å². The first-order valence-corrected chi connectivity index (χ1v) is 8.42. The van der Waals surface area contributed by atoms with E-state index in [0.717, 1.165) is 24.3 Å². The van der Waals surface area contributed by atoms with Gasteiger partial charge in [0, 0.05) is 30.4 Å². The predicted molar refractivity (Wildman–Crippen MR) is 91.9 cm³/mol. The van der Waals surface area contributed by atoms with Crippen LogP contribution >= 0.6 is 0 Å². The first-order valence-electron chi connectivity index (χ1n) is 8.42. The van der Waals surface area contributed by atoms with Crippen molar-refractivity contribution in [2.24, 2.45) is 7.05 Å². The first-order chi connectivity index (χ1) is 12.2. The Morgan fingerprint density at radius 1 is 1.28 bits per heavy atom. The van der Waals surface area contributed by atoms with Crippen molar-refractivity contribution in [1.82, 2.24) is 24.8 Å². The molecule has 0 amide bonds. The molecule has 7 heteroatoms. The standard InChI is InChI=1S/C18H21N5O2/c1-22-11-14(10-19-22)16-4-3-9-23(16)12-17-20-18(21-25-17)13-5-7-15(24-2)8-6-13/h5-8,10-11,16H,3-4,9,12H2,1-2H3. The molecule has 3 aromatic rings. The van der Waals surface area contributed by atoms with E-state index < -0.39 is 0 Å². The van der Waals surface area contributed by atoms with Crippen molar-refractivity contribution in [3.63, 3.8) is 0 Å². The maximum atomic E-state index is 5.47. The van der Waals surface area contributed by atoms with E-state index >= 15 is 0 Å². The zero-order valence-electron chi connectivity index (χ0n) is 14.4. The summed E-state index contributed by atoms with van der Waals surface area (Å²) in [6.07, 6.45) is 6.32. The minimum Gasteiger partial charge on any atom is -0.497 e. The second kappa shape index (κ2) is 6.68. The highest BCUT2D eigenvalue weighted by Gasteiger charge is 2.28. The molecule has 130 valence electrons. The lowest BCUT2D eigenvalue weighted by Gasteiger charge is -2.21. The van der Waals surface area contributed by atoms with Crippen LogP contribution < -0.4 is 4.74 Å². The number of likely N-dealkylation sites (tertiary alicyclic amines) is 1. The van der Waals surface area contributed by atoms with Crippen molar-refractivity contribution in [3.05, 3.63) is 48.1 Å². The van der Waals surface area contributed by atoms with E-state index in [2.05, 4.69) is 26.3 Å². The van der Waals surface area contributed by atoms with Crippen LogP contribution in [0.1, 0.15) is 30.3 Å². The SMILES string of the molecule is COc1ccc(-c2noc(CN3CCCC3c3cnn(C)c3)n2)cc1. The summed E-state index contributed by atoms with van der Waals surface area (Å²) >= 11 is 0. The third kappa shape index (κ3) is 3.28. The van der Waals surface area contributed by atoms with Crippen molar-refractivity contribution in [2.75, 3.05) is 13.7 Å². The number of benzene rings is 1. The van der Waals surface area contributed by atoms with Crippen LogP contribution in [0.4, 0.5) is 0 Å². The molecule has 2 aromatic heterocycles. The maximum absolute atomic E-state index is 5.47. The fraction of sp³-hybridized carbons (Fsp3) is 0.389. The van der Waals surface area contributed by atoms with Crippen LogP contribution in [0.5, 0.6) is 5.75 Å². The van der Waals surface area contributed by atoms with E-state index in [-0.39, 0.29) is 0 Å². The van der Waals surface area contributed by atoms with E-state index in [9.17, 15) is 0 Å². The quantitative estimate of drug-likeness (QED) is 0.712. The summed E-state index contributed by atoms with van der Waals surface area (Å²) < 4.78 is 12.5. The van der Waals surface area contributed by atoms with Crippen LogP contribution in [0.3, 0.4) is 0 Å². The smallest absolute Gasteiger partial charge is 0.241 e. The van der Waals surface area contributed by atoms with E-state index in [0.29, 0.717) is 24.3 Å². The molecule has 1 aliphatic heterocycles. The number of hydrogen-bond acceptors (Lipinski definition) is 6. The predicted octanol–water partition coefficient (Wildman–Crippen LogP) is 2.82. The fourth-order valence-electron chi connectivity index (χ4n) is 3.36. The molecular formula is C18H21N5O2. The molecule has 1 aliphatic rings. The van der Waals surface area contributed by atoms with Crippen molar-refractivity contribution < 1.29 is 9.26 Å². The summed E-state index contributed by atoms with van der Waals surface area (Å²) in [5.74, 6) is 2.06. The summed E-state index contributed by atoms with van der Waals surface area (Å²) in [6.45, 7) is 1.68. The highest BCUT2D eigenvalue weighted by molar-refractivity contribution is 5.55. The average molecular weight is 339 g/mol. The molecule has 0 spiro atoms. The van der Waals surface area contributed by atoms with Gasteiger partial charge in [-0.3, -0.25) is 9.58 Å². The molecule has 0 saturated carbocycles. The van der Waals surface area contributed by atoms with Gasteiger partial charge < -0.3 is 9.26 Å². The van der Waals surface area contributed by atoms with Crippen LogP contribution in [0, 0.1) is 0 Å². The Kier molecular flexibility index (Phi) is 4.23. The van der Waals surface area contributed by atoms with Crippen LogP contribution in [-0.2, 0) is 13.6 Å². The van der Waals surface area contributed by atoms with Gasteiger partial charge in [-0.25, -0.2) is 0 Å². The molecular weight excluding hydrogens is 318 g/mol. The monoisotopic (exact) mass is 339 g/mol. The molecule has 0 radical (unpaired) electrons. The number of rotatable bonds is 5. The van der Waals surface area contributed by atoms with Gasteiger partial charge in [0.25, 0.3) is 0 Å². The number of ether oxygens (including phenoxy) is 1. The van der Waals surface area contributed by atoms with Gasteiger partial charge in [0.2, 0.25) is 11.7 Å². The molecule has 4 rings (SSSR count). The number of nitrogens with zero attached hydrogens (tertiary/aromatic N) is 5. The van der Waals surface area contributed by atoms with E-state index in [4.69, 9.17) is 9.26 Å². The topological polar surface area (TPSA) is 69.2 Å². The fourth-order valence-corrected chi connectivity index (χ4v) is 3.36. The summed E-state index contributed by atoms with van der Waals surface area (Å²) in [6, 6.07) is 8.02. The third-order valence-electron chi connectivity index (χ3n) is 4.63. The van der Waals surface area contributed by atoms with Crippen molar-refractivity contribution in [1.29, 1.82) is 0 Å². The molecule has 1 unspecified atom stereocenters. The summed E-state index contributed by atoms with van der Waals surface area (Å²) in [5, 5.41) is 8.40. The van der Waals surface area contributed by atoms with Gasteiger partial charge in [-0.1, -0.05) is 5.16 Å². The Hall–Kier alpha value is -2.67. The highest BCUT2D eigenvalue weighted by atomic mass is 16.5. The van der Waals surface area contributed by atoms with E-state index in [1.807, 2.05) is 42.2 Å². The Morgan fingerprint density at radius 2 is 2.12 bits per heavy atom. The molecule has 3 heterocycles. The Morgan fingerprint density at radius 3 is 2.84 bits per heavy atom.